The number of hydrogen-bond donors (Lipinski definition) is 1. The third kappa shape index (κ3) is 4.03. The summed E-state index contributed by atoms with van der Waals surface area (Å²) in [6, 6.07) is 7.39. The second kappa shape index (κ2) is 6.83. The van der Waals surface area contributed by atoms with Gasteiger partial charge in [-0.1, -0.05) is 28.9 Å². The molecule has 2 aromatic rings. The van der Waals surface area contributed by atoms with E-state index in [1.54, 1.807) is 13.0 Å². The molecule has 108 valence electrons. The Balaban J connectivity index is 2.01. The van der Waals surface area contributed by atoms with Crippen molar-refractivity contribution in [3.05, 3.63) is 35.2 Å². The summed E-state index contributed by atoms with van der Waals surface area (Å²) >= 11 is 6.10. The van der Waals surface area contributed by atoms with E-state index in [1.165, 1.54) is 0 Å². The Bertz CT molecular complexity index is 557. The van der Waals surface area contributed by atoms with Gasteiger partial charge in [-0.25, -0.2) is 0 Å². The summed E-state index contributed by atoms with van der Waals surface area (Å²) < 4.78 is 5.23. The molecule has 0 aliphatic rings. The van der Waals surface area contributed by atoms with Gasteiger partial charge in [-0.2, -0.15) is 4.98 Å². The number of aliphatic hydroxyl groups is 1. The van der Waals surface area contributed by atoms with Crippen LogP contribution in [0.1, 0.15) is 19.2 Å². The Kier molecular flexibility index (Phi) is 5.11. The first kappa shape index (κ1) is 15.0. The second-order valence-electron chi connectivity index (χ2n) is 4.87. The van der Waals surface area contributed by atoms with Crippen LogP contribution in [-0.4, -0.2) is 39.8 Å². The van der Waals surface area contributed by atoms with Crippen molar-refractivity contribution >= 4 is 11.6 Å². The van der Waals surface area contributed by atoms with Gasteiger partial charge in [-0.05, 0) is 32.5 Å². The maximum atomic E-state index is 9.26. The molecule has 1 unspecified atom stereocenters. The number of nitrogens with zero attached hydrogens (tertiary/aromatic N) is 3. The van der Waals surface area contributed by atoms with Gasteiger partial charge in [-0.15, -0.1) is 0 Å². The number of halogens is 1. The van der Waals surface area contributed by atoms with Crippen molar-refractivity contribution in [3.63, 3.8) is 0 Å². The van der Waals surface area contributed by atoms with E-state index in [1.807, 2.05) is 30.1 Å². The van der Waals surface area contributed by atoms with E-state index in [0.717, 1.165) is 12.1 Å². The third-order valence-electron chi connectivity index (χ3n) is 2.92. The van der Waals surface area contributed by atoms with Gasteiger partial charge in [0, 0.05) is 12.1 Å². The molecule has 1 atom stereocenters. The Hall–Kier alpha value is -1.43. The average molecular weight is 296 g/mol. The van der Waals surface area contributed by atoms with Gasteiger partial charge in [0.25, 0.3) is 0 Å². The Morgan fingerprint density at radius 2 is 2.15 bits per heavy atom. The minimum absolute atomic E-state index is 0.307. The lowest BCUT2D eigenvalue weighted by molar-refractivity contribution is 0.158. The van der Waals surface area contributed by atoms with E-state index in [0.29, 0.717) is 29.7 Å². The summed E-state index contributed by atoms with van der Waals surface area (Å²) in [6.07, 6.45) is 0.404. The largest absolute Gasteiger partial charge is 0.393 e. The van der Waals surface area contributed by atoms with Crippen LogP contribution in [0.3, 0.4) is 0 Å². The number of aromatic nitrogens is 2. The van der Waals surface area contributed by atoms with Crippen LogP contribution in [0, 0.1) is 0 Å². The van der Waals surface area contributed by atoms with Gasteiger partial charge >= 0.3 is 0 Å². The fourth-order valence-corrected chi connectivity index (χ4v) is 2.01. The van der Waals surface area contributed by atoms with E-state index in [9.17, 15) is 5.11 Å². The molecular weight excluding hydrogens is 278 g/mol. The van der Waals surface area contributed by atoms with Crippen molar-refractivity contribution in [2.75, 3.05) is 13.6 Å². The van der Waals surface area contributed by atoms with Gasteiger partial charge in [0.1, 0.15) is 0 Å². The zero-order chi connectivity index (χ0) is 14.5. The SMILES string of the molecule is CC(O)CCN(C)Cc1nc(-c2ccccc2Cl)no1. The van der Waals surface area contributed by atoms with Crippen LogP contribution in [0.25, 0.3) is 11.4 Å². The smallest absolute Gasteiger partial charge is 0.241 e. The van der Waals surface area contributed by atoms with E-state index in [2.05, 4.69) is 10.1 Å². The lowest BCUT2D eigenvalue weighted by Crippen LogP contribution is -2.22. The maximum Gasteiger partial charge on any atom is 0.241 e. The number of rotatable bonds is 6. The van der Waals surface area contributed by atoms with Gasteiger partial charge in [0.15, 0.2) is 0 Å². The van der Waals surface area contributed by atoms with Crippen LogP contribution >= 0.6 is 11.6 Å². The van der Waals surface area contributed by atoms with E-state index in [-0.39, 0.29) is 6.10 Å². The van der Waals surface area contributed by atoms with Crippen LogP contribution < -0.4 is 0 Å². The first-order chi connectivity index (χ1) is 9.56. The molecular formula is C14H18ClN3O2. The maximum absolute atomic E-state index is 9.26. The van der Waals surface area contributed by atoms with Crippen LogP contribution in [0.5, 0.6) is 0 Å². The topological polar surface area (TPSA) is 62.4 Å². The minimum Gasteiger partial charge on any atom is -0.393 e. The number of benzene rings is 1. The zero-order valence-corrected chi connectivity index (χ0v) is 12.3. The van der Waals surface area contributed by atoms with Gasteiger partial charge in [0.05, 0.1) is 17.7 Å². The summed E-state index contributed by atoms with van der Waals surface area (Å²) in [6.45, 7) is 3.09. The van der Waals surface area contributed by atoms with E-state index >= 15 is 0 Å². The molecule has 2 rings (SSSR count). The highest BCUT2D eigenvalue weighted by molar-refractivity contribution is 6.33. The molecule has 0 aliphatic carbocycles. The highest BCUT2D eigenvalue weighted by Crippen LogP contribution is 2.24. The number of aliphatic hydroxyl groups excluding tert-OH is 1. The van der Waals surface area contributed by atoms with Crippen molar-refractivity contribution in [1.82, 2.24) is 15.0 Å². The minimum atomic E-state index is -0.307. The molecule has 0 saturated carbocycles. The van der Waals surface area contributed by atoms with Crippen molar-refractivity contribution in [1.29, 1.82) is 0 Å². The third-order valence-corrected chi connectivity index (χ3v) is 3.25. The molecule has 20 heavy (non-hydrogen) atoms. The van der Waals surface area contributed by atoms with Crippen molar-refractivity contribution < 1.29 is 9.63 Å². The fourth-order valence-electron chi connectivity index (χ4n) is 1.79. The zero-order valence-electron chi connectivity index (χ0n) is 11.6. The molecule has 0 spiro atoms. The quantitative estimate of drug-likeness (QED) is 0.887. The molecule has 1 N–H and O–H groups in total. The Morgan fingerprint density at radius 1 is 1.40 bits per heavy atom. The monoisotopic (exact) mass is 295 g/mol. The molecule has 1 aromatic heterocycles. The molecule has 0 aliphatic heterocycles. The first-order valence-corrected chi connectivity index (χ1v) is 6.88. The molecule has 0 saturated heterocycles. The van der Waals surface area contributed by atoms with Gasteiger partial charge in [-0.3, -0.25) is 4.90 Å². The average Bonchev–Trinajstić information content (AvgIpc) is 2.85. The summed E-state index contributed by atoms with van der Waals surface area (Å²) in [4.78, 5) is 6.37. The predicted octanol–water partition coefficient (Wildman–Crippen LogP) is 2.59. The van der Waals surface area contributed by atoms with E-state index in [4.69, 9.17) is 16.1 Å². The highest BCUT2D eigenvalue weighted by Gasteiger charge is 2.13. The second-order valence-corrected chi connectivity index (χ2v) is 5.27. The van der Waals surface area contributed by atoms with Crippen LogP contribution in [0.4, 0.5) is 0 Å². The Morgan fingerprint density at radius 3 is 2.85 bits per heavy atom. The van der Waals surface area contributed by atoms with Crippen molar-refractivity contribution in [3.8, 4) is 11.4 Å². The lowest BCUT2D eigenvalue weighted by Gasteiger charge is -2.14. The number of hydrogen-bond acceptors (Lipinski definition) is 5. The van der Waals surface area contributed by atoms with Crippen molar-refractivity contribution in [2.45, 2.75) is 26.0 Å². The van der Waals surface area contributed by atoms with E-state index < -0.39 is 0 Å². The summed E-state index contributed by atoms with van der Waals surface area (Å²) in [5, 5.41) is 13.8. The van der Waals surface area contributed by atoms with Crippen molar-refractivity contribution in [2.24, 2.45) is 0 Å². The van der Waals surface area contributed by atoms with Gasteiger partial charge in [0.2, 0.25) is 11.7 Å². The summed E-state index contributed by atoms with van der Waals surface area (Å²) in [5.74, 6) is 1.03. The molecule has 5 nitrogen and oxygen atoms in total. The summed E-state index contributed by atoms with van der Waals surface area (Å²) in [5.41, 5.74) is 0.760. The fraction of sp³-hybridized carbons (Fsp3) is 0.429. The molecule has 0 amide bonds. The molecule has 0 fully saturated rings. The molecule has 1 heterocycles. The molecule has 1 aromatic carbocycles. The predicted molar refractivity (Wildman–Crippen MR) is 77.4 cm³/mol. The highest BCUT2D eigenvalue weighted by atomic mass is 35.5. The standard InChI is InChI=1S/C14H18ClN3O2/c1-10(19)7-8-18(2)9-13-16-14(17-20-13)11-5-3-4-6-12(11)15/h3-6,10,19H,7-9H2,1-2H3. The van der Waals surface area contributed by atoms with Gasteiger partial charge < -0.3 is 9.63 Å². The van der Waals surface area contributed by atoms with Crippen LogP contribution in [0.2, 0.25) is 5.02 Å². The molecule has 0 bridgehead atoms. The first-order valence-electron chi connectivity index (χ1n) is 6.50. The molecule has 0 radical (unpaired) electrons. The summed E-state index contributed by atoms with van der Waals surface area (Å²) in [7, 11) is 1.95. The Labute approximate surface area is 123 Å². The molecule has 6 heteroatoms. The van der Waals surface area contributed by atoms with Crippen LogP contribution in [0.15, 0.2) is 28.8 Å². The normalized spacial score (nSPS) is 12.8. The lowest BCUT2D eigenvalue weighted by atomic mass is 10.2. The van der Waals surface area contributed by atoms with Crippen LogP contribution in [-0.2, 0) is 6.54 Å².